The van der Waals surface area contributed by atoms with Crippen LogP contribution in [0, 0.1) is 17.8 Å². The van der Waals surface area contributed by atoms with E-state index in [-0.39, 0.29) is 6.29 Å². The Balaban J connectivity index is 2.08. The Labute approximate surface area is 80.6 Å². The van der Waals surface area contributed by atoms with Gasteiger partial charge in [0.2, 0.25) is 0 Å². The molecule has 0 N–H and O–H groups in total. The smallest absolute Gasteiger partial charge is 0.158 e. The molecule has 0 bridgehead atoms. The van der Waals surface area contributed by atoms with Gasteiger partial charge in [-0.2, -0.15) is 0 Å². The van der Waals surface area contributed by atoms with Crippen molar-refractivity contribution in [3.8, 4) is 11.8 Å². The van der Waals surface area contributed by atoms with Crippen molar-refractivity contribution < 1.29 is 9.47 Å². The molecule has 0 saturated carbocycles. The van der Waals surface area contributed by atoms with Crippen LogP contribution in [0.4, 0.5) is 0 Å². The summed E-state index contributed by atoms with van der Waals surface area (Å²) in [5, 5.41) is 0. The number of hydrogen-bond acceptors (Lipinski definition) is 2. The molecule has 1 atom stereocenters. The second-order valence-corrected chi connectivity index (χ2v) is 3.58. The Morgan fingerprint density at radius 2 is 2.31 bits per heavy atom. The Hall–Kier alpha value is -0.520. The first kappa shape index (κ1) is 10.6. The lowest BCUT2D eigenvalue weighted by molar-refractivity contribution is -0.154. The molecule has 0 aromatic carbocycles. The second-order valence-electron chi connectivity index (χ2n) is 3.58. The zero-order valence-electron chi connectivity index (χ0n) is 8.51. The summed E-state index contributed by atoms with van der Waals surface area (Å²) in [5.41, 5.74) is 0. The highest BCUT2D eigenvalue weighted by Crippen LogP contribution is 2.12. The van der Waals surface area contributed by atoms with E-state index in [0.29, 0.717) is 12.5 Å². The standard InChI is InChI=1S/C11H18O2/c1-10(2)6-5-9-13-11-7-3-4-8-12-11/h10-11H,3-4,7-9H2,1-2H3. The summed E-state index contributed by atoms with van der Waals surface area (Å²) in [6, 6.07) is 0. The summed E-state index contributed by atoms with van der Waals surface area (Å²) >= 11 is 0. The quantitative estimate of drug-likeness (QED) is 0.609. The van der Waals surface area contributed by atoms with E-state index in [2.05, 4.69) is 25.7 Å². The molecular formula is C11H18O2. The maximum absolute atomic E-state index is 5.44. The first-order valence-electron chi connectivity index (χ1n) is 5.00. The molecule has 0 aromatic heterocycles. The maximum atomic E-state index is 5.44. The SMILES string of the molecule is CC(C)C#CCOC1CCCCO1. The van der Waals surface area contributed by atoms with Crippen LogP contribution in [0.2, 0.25) is 0 Å². The predicted molar refractivity (Wildman–Crippen MR) is 52.2 cm³/mol. The van der Waals surface area contributed by atoms with Crippen LogP contribution >= 0.6 is 0 Å². The highest BCUT2D eigenvalue weighted by molar-refractivity contribution is 5.01. The van der Waals surface area contributed by atoms with Crippen LogP contribution in [0.5, 0.6) is 0 Å². The van der Waals surface area contributed by atoms with Crippen LogP contribution in [0.25, 0.3) is 0 Å². The van der Waals surface area contributed by atoms with Crippen molar-refractivity contribution in [2.45, 2.75) is 39.4 Å². The van der Waals surface area contributed by atoms with Gasteiger partial charge in [0.25, 0.3) is 0 Å². The van der Waals surface area contributed by atoms with Crippen LogP contribution in [-0.2, 0) is 9.47 Å². The van der Waals surface area contributed by atoms with Crippen molar-refractivity contribution in [3.05, 3.63) is 0 Å². The van der Waals surface area contributed by atoms with Crippen LogP contribution in [0.1, 0.15) is 33.1 Å². The lowest BCUT2D eigenvalue weighted by atomic mass is 10.2. The summed E-state index contributed by atoms with van der Waals surface area (Å²) in [6.45, 7) is 5.49. The average Bonchev–Trinajstić information content (AvgIpc) is 2.14. The molecule has 0 spiro atoms. The summed E-state index contributed by atoms with van der Waals surface area (Å²) in [7, 11) is 0. The topological polar surface area (TPSA) is 18.5 Å². The summed E-state index contributed by atoms with van der Waals surface area (Å²) in [5.74, 6) is 6.46. The third kappa shape index (κ3) is 4.92. The van der Waals surface area contributed by atoms with Gasteiger partial charge in [-0.25, -0.2) is 0 Å². The van der Waals surface area contributed by atoms with Crippen molar-refractivity contribution in [1.29, 1.82) is 0 Å². The monoisotopic (exact) mass is 182 g/mol. The molecule has 0 aliphatic carbocycles. The first-order chi connectivity index (χ1) is 6.29. The number of rotatable bonds is 2. The van der Waals surface area contributed by atoms with E-state index < -0.39 is 0 Å². The largest absolute Gasteiger partial charge is 0.353 e. The van der Waals surface area contributed by atoms with E-state index in [1.807, 2.05) is 0 Å². The fraction of sp³-hybridized carbons (Fsp3) is 0.818. The van der Waals surface area contributed by atoms with E-state index >= 15 is 0 Å². The zero-order valence-corrected chi connectivity index (χ0v) is 8.51. The van der Waals surface area contributed by atoms with Crippen molar-refractivity contribution in [3.63, 3.8) is 0 Å². The van der Waals surface area contributed by atoms with Gasteiger partial charge < -0.3 is 9.47 Å². The van der Waals surface area contributed by atoms with Gasteiger partial charge in [0, 0.05) is 12.5 Å². The maximum Gasteiger partial charge on any atom is 0.158 e. The minimum absolute atomic E-state index is 0.00443. The highest BCUT2D eigenvalue weighted by atomic mass is 16.7. The van der Waals surface area contributed by atoms with Crippen LogP contribution < -0.4 is 0 Å². The van der Waals surface area contributed by atoms with E-state index in [1.54, 1.807) is 0 Å². The zero-order chi connectivity index (χ0) is 9.52. The van der Waals surface area contributed by atoms with Crippen LogP contribution in [0.15, 0.2) is 0 Å². The molecule has 74 valence electrons. The Bertz CT molecular complexity index is 182. The van der Waals surface area contributed by atoms with Gasteiger partial charge in [0.05, 0.1) is 0 Å². The van der Waals surface area contributed by atoms with Gasteiger partial charge in [-0.1, -0.05) is 25.7 Å². The molecule has 2 nitrogen and oxygen atoms in total. The lowest BCUT2D eigenvalue weighted by Gasteiger charge is -2.21. The fourth-order valence-corrected chi connectivity index (χ4v) is 1.22. The molecule has 1 rings (SSSR count). The minimum atomic E-state index is -0.00443. The van der Waals surface area contributed by atoms with Gasteiger partial charge in [0.1, 0.15) is 6.61 Å². The highest BCUT2D eigenvalue weighted by Gasteiger charge is 2.12. The Morgan fingerprint density at radius 1 is 1.46 bits per heavy atom. The molecule has 1 heterocycles. The van der Waals surface area contributed by atoms with Gasteiger partial charge in [-0.05, 0) is 19.3 Å². The van der Waals surface area contributed by atoms with E-state index in [4.69, 9.17) is 9.47 Å². The Kier molecular flexibility index (Phi) is 4.88. The minimum Gasteiger partial charge on any atom is -0.353 e. The summed E-state index contributed by atoms with van der Waals surface area (Å²) in [6.07, 6.45) is 3.39. The van der Waals surface area contributed by atoms with Crippen molar-refractivity contribution >= 4 is 0 Å². The number of hydrogen-bond donors (Lipinski definition) is 0. The van der Waals surface area contributed by atoms with Gasteiger partial charge in [-0.15, -0.1) is 0 Å². The van der Waals surface area contributed by atoms with Crippen molar-refractivity contribution in [2.24, 2.45) is 5.92 Å². The van der Waals surface area contributed by atoms with E-state index in [9.17, 15) is 0 Å². The molecule has 2 heteroatoms. The molecule has 1 aliphatic heterocycles. The average molecular weight is 182 g/mol. The molecule has 1 saturated heterocycles. The predicted octanol–water partition coefficient (Wildman–Crippen LogP) is 2.19. The van der Waals surface area contributed by atoms with Crippen molar-refractivity contribution in [1.82, 2.24) is 0 Å². The number of ether oxygens (including phenoxy) is 2. The first-order valence-corrected chi connectivity index (χ1v) is 5.00. The van der Waals surface area contributed by atoms with Crippen molar-refractivity contribution in [2.75, 3.05) is 13.2 Å². The fourth-order valence-electron chi connectivity index (χ4n) is 1.22. The molecule has 0 aromatic rings. The second kappa shape index (κ2) is 6.01. The molecule has 1 unspecified atom stereocenters. The third-order valence-electron chi connectivity index (χ3n) is 1.87. The third-order valence-corrected chi connectivity index (χ3v) is 1.87. The van der Waals surface area contributed by atoms with E-state index in [1.165, 1.54) is 6.42 Å². The van der Waals surface area contributed by atoms with Crippen LogP contribution in [-0.4, -0.2) is 19.5 Å². The molecule has 1 fully saturated rings. The molecule has 0 amide bonds. The van der Waals surface area contributed by atoms with Gasteiger partial charge in [-0.3, -0.25) is 0 Å². The van der Waals surface area contributed by atoms with Gasteiger partial charge in [0.15, 0.2) is 6.29 Å². The molecule has 1 aliphatic rings. The molecular weight excluding hydrogens is 164 g/mol. The molecule has 13 heavy (non-hydrogen) atoms. The van der Waals surface area contributed by atoms with Gasteiger partial charge >= 0.3 is 0 Å². The summed E-state index contributed by atoms with van der Waals surface area (Å²) in [4.78, 5) is 0. The van der Waals surface area contributed by atoms with Crippen LogP contribution in [0.3, 0.4) is 0 Å². The normalized spacial score (nSPS) is 22.5. The Morgan fingerprint density at radius 3 is 2.92 bits per heavy atom. The lowest BCUT2D eigenvalue weighted by Crippen LogP contribution is -2.22. The molecule has 0 radical (unpaired) electrons. The van der Waals surface area contributed by atoms with E-state index in [0.717, 1.165) is 19.4 Å². The summed E-state index contributed by atoms with van der Waals surface area (Å²) < 4.78 is 10.8.